The van der Waals surface area contributed by atoms with Crippen LogP contribution in [0, 0.1) is 0 Å². The molecule has 152 valence electrons. The molecule has 3 heterocycles. The first-order valence-electron chi connectivity index (χ1n) is 9.56. The molecule has 2 N–H and O–H groups in total. The van der Waals surface area contributed by atoms with Crippen molar-refractivity contribution in [2.45, 2.75) is 37.6 Å². The zero-order chi connectivity index (χ0) is 20.4. The molecule has 29 heavy (non-hydrogen) atoms. The molecule has 1 saturated heterocycles. The molecule has 2 amide bonds. The van der Waals surface area contributed by atoms with Crippen molar-refractivity contribution < 1.29 is 18.4 Å². The molecule has 0 bridgehead atoms. The second kappa shape index (κ2) is 7.73. The van der Waals surface area contributed by atoms with E-state index < -0.39 is 11.8 Å². The average molecular weight is 401 g/mol. The van der Waals surface area contributed by atoms with Gasteiger partial charge < -0.3 is 15.5 Å². The smallest absolute Gasteiger partial charge is 0.270 e. The van der Waals surface area contributed by atoms with Crippen LogP contribution in [0.4, 0.5) is 20.2 Å². The molecular formula is C20H21F2N5O2. The topological polar surface area (TPSA) is 87.2 Å². The zero-order valence-electron chi connectivity index (χ0n) is 15.7. The number of piperidine rings is 1. The van der Waals surface area contributed by atoms with Crippen LogP contribution in [0.25, 0.3) is 0 Å². The summed E-state index contributed by atoms with van der Waals surface area (Å²) in [5.41, 5.74) is 1.53. The van der Waals surface area contributed by atoms with Gasteiger partial charge in [0.2, 0.25) is 0 Å². The minimum atomic E-state index is -2.65. The molecule has 2 aromatic heterocycles. The van der Waals surface area contributed by atoms with E-state index in [1.54, 1.807) is 12.3 Å². The number of nitrogens with zero attached hydrogens (tertiary/aromatic N) is 3. The van der Waals surface area contributed by atoms with Crippen molar-refractivity contribution in [3.8, 4) is 0 Å². The van der Waals surface area contributed by atoms with Gasteiger partial charge in [0.25, 0.3) is 17.7 Å². The number of hydrogen-bond acceptors (Lipinski definition) is 5. The van der Waals surface area contributed by atoms with Crippen LogP contribution in [0.3, 0.4) is 0 Å². The van der Waals surface area contributed by atoms with Crippen molar-refractivity contribution in [2.24, 2.45) is 0 Å². The van der Waals surface area contributed by atoms with Crippen LogP contribution in [0.2, 0.25) is 0 Å². The van der Waals surface area contributed by atoms with E-state index in [-0.39, 0.29) is 49.1 Å². The fourth-order valence-corrected chi connectivity index (χ4v) is 3.21. The summed E-state index contributed by atoms with van der Waals surface area (Å²) in [6.07, 6.45) is 5.91. The van der Waals surface area contributed by atoms with Gasteiger partial charge in [-0.1, -0.05) is 0 Å². The normalized spacial score (nSPS) is 18.2. The number of nitrogens with one attached hydrogen (secondary N) is 2. The number of amides is 2. The number of aromatic nitrogens is 2. The van der Waals surface area contributed by atoms with E-state index in [4.69, 9.17) is 0 Å². The summed E-state index contributed by atoms with van der Waals surface area (Å²) in [4.78, 5) is 34.8. The van der Waals surface area contributed by atoms with Crippen molar-refractivity contribution in [1.29, 1.82) is 0 Å². The number of carbonyl (C=O) groups excluding carboxylic acids is 2. The molecule has 0 unspecified atom stereocenters. The monoisotopic (exact) mass is 401 g/mol. The average Bonchev–Trinajstić information content (AvgIpc) is 3.53. The summed E-state index contributed by atoms with van der Waals surface area (Å²) in [5, 5.41) is 5.61. The standard InChI is InChI=1S/C20H21F2N5O2/c21-20(22)5-9-27(10-6-20)17-4-7-23-12-16(17)26-18(28)13-3-8-24-15(11-13)19(29)25-14-1-2-14/h3-4,7-8,11-12,14H,1-2,5-6,9-10H2,(H,25,29)(H,26,28). The van der Waals surface area contributed by atoms with Crippen molar-refractivity contribution in [1.82, 2.24) is 15.3 Å². The van der Waals surface area contributed by atoms with Crippen molar-refractivity contribution >= 4 is 23.2 Å². The molecule has 0 spiro atoms. The third kappa shape index (κ3) is 4.67. The van der Waals surface area contributed by atoms with Gasteiger partial charge in [-0.2, -0.15) is 0 Å². The Hall–Kier alpha value is -3.10. The lowest BCUT2D eigenvalue weighted by Crippen LogP contribution is -2.39. The van der Waals surface area contributed by atoms with Crippen LogP contribution in [0.15, 0.2) is 36.8 Å². The molecule has 1 aliphatic carbocycles. The summed E-state index contributed by atoms with van der Waals surface area (Å²) in [5.74, 6) is -3.38. The molecular weight excluding hydrogens is 380 g/mol. The van der Waals surface area contributed by atoms with Gasteiger partial charge in [-0.15, -0.1) is 0 Å². The largest absolute Gasteiger partial charge is 0.369 e. The van der Waals surface area contributed by atoms with Crippen LogP contribution < -0.4 is 15.5 Å². The van der Waals surface area contributed by atoms with Crippen LogP contribution in [0.1, 0.15) is 46.5 Å². The molecule has 9 heteroatoms. The summed E-state index contributed by atoms with van der Waals surface area (Å²) in [7, 11) is 0. The Labute approximate surface area is 166 Å². The van der Waals surface area contributed by atoms with Crippen molar-refractivity contribution in [2.75, 3.05) is 23.3 Å². The predicted octanol–water partition coefficient (Wildman–Crippen LogP) is 2.86. The third-order valence-corrected chi connectivity index (χ3v) is 5.05. The quantitative estimate of drug-likeness (QED) is 0.805. The van der Waals surface area contributed by atoms with Gasteiger partial charge in [0.1, 0.15) is 5.69 Å². The molecule has 2 aliphatic rings. The van der Waals surface area contributed by atoms with Gasteiger partial charge in [-0.3, -0.25) is 19.6 Å². The maximum atomic E-state index is 13.5. The molecule has 2 aromatic rings. The van der Waals surface area contributed by atoms with E-state index in [2.05, 4.69) is 20.6 Å². The molecule has 7 nitrogen and oxygen atoms in total. The lowest BCUT2D eigenvalue weighted by Gasteiger charge is -2.34. The lowest BCUT2D eigenvalue weighted by atomic mass is 10.1. The fraction of sp³-hybridized carbons (Fsp3) is 0.400. The maximum absolute atomic E-state index is 13.5. The van der Waals surface area contributed by atoms with E-state index in [0.29, 0.717) is 11.4 Å². The summed E-state index contributed by atoms with van der Waals surface area (Å²) in [6, 6.07) is 4.84. The third-order valence-electron chi connectivity index (χ3n) is 5.05. The number of alkyl halides is 2. The van der Waals surface area contributed by atoms with E-state index in [9.17, 15) is 18.4 Å². The molecule has 0 radical (unpaired) electrons. The SMILES string of the molecule is O=C(Nc1cnccc1N1CCC(F)(F)CC1)c1ccnc(C(=O)NC2CC2)c1. The van der Waals surface area contributed by atoms with Gasteiger partial charge in [-0.25, -0.2) is 8.78 Å². The van der Waals surface area contributed by atoms with Crippen LogP contribution in [0.5, 0.6) is 0 Å². The molecule has 2 fully saturated rings. The number of pyridine rings is 2. The number of halogens is 2. The second-order valence-electron chi connectivity index (χ2n) is 7.37. The van der Waals surface area contributed by atoms with Crippen molar-refractivity contribution in [3.05, 3.63) is 48.0 Å². The summed E-state index contributed by atoms with van der Waals surface area (Å²) in [6.45, 7) is 0.390. The van der Waals surface area contributed by atoms with Crippen molar-refractivity contribution in [3.63, 3.8) is 0 Å². The van der Waals surface area contributed by atoms with Crippen LogP contribution in [-0.2, 0) is 0 Å². The Morgan fingerprint density at radius 1 is 1.10 bits per heavy atom. The molecule has 0 atom stereocenters. The highest BCUT2D eigenvalue weighted by Gasteiger charge is 2.34. The molecule has 1 aliphatic heterocycles. The molecule has 1 saturated carbocycles. The highest BCUT2D eigenvalue weighted by molar-refractivity contribution is 6.07. The molecule has 4 rings (SSSR count). The predicted molar refractivity (Wildman–Crippen MR) is 103 cm³/mol. The highest BCUT2D eigenvalue weighted by Crippen LogP contribution is 2.33. The number of carbonyl (C=O) groups is 2. The van der Waals surface area contributed by atoms with E-state index in [1.807, 2.05) is 4.90 Å². The number of hydrogen-bond donors (Lipinski definition) is 2. The Balaban J connectivity index is 1.48. The van der Waals surface area contributed by atoms with Gasteiger partial charge in [0.15, 0.2) is 0 Å². The minimum Gasteiger partial charge on any atom is -0.369 e. The minimum absolute atomic E-state index is 0.175. The first-order valence-corrected chi connectivity index (χ1v) is 9.56. The van der Waals surface area contributed by atoms with Crippen LogP contribution >= 0.6 is 0 Å². The Kier molecular flexibility index (Phi) is 5.12. The lowest BCUT2D eigenvalue weighted by molar-refractivity contribution is -0.0220. The second-order valence-corrected chi connectivity index (χ2v) is 7.37. The van der Waals surface area contributed by atoms with Gasteiger partial charge in [0.05, 0.1) is 17.6 Å². The van der Waals surface area contributed by atoms with Gasteiger partial charge >= 0.3 is 0 Å². The van der Waals surface area contributed by atoms with Gasteiger partial charge in [-0.05, 0) is 31.0 Å². The first-order chi connectivity index (χ1) is 13.9. The molecule has 0 aromatic carbocycles. The van der Waals surface area contributed by atoms with Gasteiger partial charge in [0, 0.05) is 49.9 Å². The van der Waals surface area contributed by atoms with E-state index in [0.717, 1.165) is 12.8 Å². The number of anilines is 2. The first kappa shape index (κ1) is 19.2. The Bertz CT molecular complexity index is 923. The highest BCUT2D eigenvalue weighted by atomic mass is 19.3. The summed E-state index contributed by atoms with van der Waals surface area (Å²) >= 11 is 0. The summed E-state index contributed by atoms with van der Waals surface area (Å²) < 4.78 is 26.9. The van der Waals surface area contributed by atoms with E-state index in [1.165, 1.54) is 24.5 Å². The van der Waals surface area contributed by atoms with Crippen LogP contribution in [-0.4, -0.2) is 46.8 Å². The Morgan fingerprint density at radius 2 is 1.86 bits per heavy atom. The zero-order valence-corrected chi connectivity index (χ0v) is 15.7. The number of rotatable bonds is 5. The van der Waals surface area contributed by atoms with E-state index >= 15 is 0 Å². The maximum Gasteiger partial charge on any atom is 0.270 e. The Morgan fingerprint density at radius 3 is 2.59 bits per heavy atom. The fourth-order valence-electron chi connectivity index (χ4n) is 3.21.